The standard InChI is InChI=1S/C27H32N2O3/c1-20-8-10-21(11-9-20)26(31)29-16-12-27(13-17-29)19-22(18-25(30)28-14-4-5-15-28)23-6-2-3-7-24(23)32-27/h2-3,6-11,22H,4-5,12-19H2,1H3. The number of piperidine rings is 1. The minimum absolute atomic E-state index is 0.0943. The maximum Gasteiger partial charge on any atom is 0.253 e. The van der Waals surface area contributed by atoms with Gasteiger partial charge in [-0.15, -0.1) is 0 Å². The number of likely N-dealkylation sites (tertiary alicyclic amines) is 2. The molecule has 0 N–H and O–H groups in total. The molecule has 32 heavy (non-hydrogen) atoms. The number of carbonyl (C=O) groups excluding carboxylic acids is 2. The van der Waals surface area contributed by atoms with Crippen LogP contribution in [0.2, 0.25) is 0 Å². The predicted molar refractivity (Wildman–Crippen MR) is 124 cm³/mol. The summed E-state index contributed by atoms with van der Waals surface area (Å²) in [5.74, 6) is 1.45. The van der Waals surface area contributed by atoms with Gasteiger partial charge in [0.1, 0.15) is 11.4 Å². The lowest BCUT2D eigenvalue weighted by Crippen LogP contribution is -2.52. The Hall–Kier alpha value is -2.82. The van der Waals surface area contributed by atoms with Gasteiger partial charge in [-0.2, -0.15) is 0 Å². The van der Waals surface area contributed by atoms with Crippen molar-refractivity contribution in [2.24, 2.45) is 0 Å². The fourth-order valence-corrected chi connectivity index (χ4v) is 5.54. The van der Waals surface area contributed by atoms with Crippen molar-refractivity contribution >= 4 is 11.8 Å². The molecule has 2 aromatic carbocycles. The zero-order valence-electron chi connectivity index (χ0n) is 18.9. The Labute approximate surface area is 190 Å². The maximum atomic E-state index is 13.0. The second-order valence-electron chi connectivity index (χ2n) is 9.67. The van der Waals surface area contributed by atoms with E-state index in [1.165, 1.54) is 0 Å². The zero-order chi connectivity index (χ0) is 22.1. The normalized spacial score (nSPS) is 21.8. The topological polar surface area (TPSA) is 49.9 Å². The van der Waals surface area contributed by atoms with Crippen LogP contribution in [0, 0.1) is 6.92 Å². The van der Waals surface area contributed by atoms with Crippen molar-refractivity contribution in [1.29, 1.82) is 0 Å². The molecule has 5 heteroatoms. The second-order valence-corrected chi connectivity index (χ2v) is 9.67. The molecule has 3 aliphatic heterocycles. The van der Waals surface area contributed by atoms with Crippen LogP contribution >= 0.6 is 0 Å². The Bertz CT molecular complexity index is 986. The first kappa shape index (κ1) is 21.0. The second kappa shape index (κ2) is 8.61. The first-order chi connectivity index (χ1) is 15.5. The van der Waals surface area contributed by atoms with E-state index in [0.29, 0.717) is 19.5 Å². The average molecular weight is 433 g/mol. The molecule has 0 aromatic heterocycles. The fourth-order valence-electron chi connectivity index (χ4n) is 5.54. The third kappa shape index (κ3) is 4.13. The van der Waals surface area contributed by atoms with Crippen molar-refractivity contribution in [1.82, 2.24) is 9.80 Å². The van der Waals surface area contributed by atoms with Gasteiger partial charge >= 0.3 is 0 Å². The third-order valence-corrected chi connectivity index (χ3v) is 7.44. The van der Waals surface area contributed by atoms with Gasteiger partial charge in [-0.1, -0.05) is 35.9 Å². The number of fused-ring (bicyclic) bond motifs is 1. The number of hydrogen-bond acceptors (Lipinski definition) is 3. The molecule has 1 unspecified atom stereocenters. The zero-order valence-corrected chi connectivity index (χ0v) is 18.9. The Morgan fingerprint density at radius 2 is 1.62 bits per heavy atom. The Morgan fingerprint density at radius 1 is 0.938 bits per heavy atom. The van der Waals surface area contributed by atoms with Gasteiger partial charge in [-0.05, 0) is 49.9 Å². The SMILES string of the molecule is Cc1ccc(C(=O)N2CCC3(CC2)CC(CC(=O)N2CCCC2)c2ccccc2O3)cc1. The van der Waals surface area contributed by atoms with E-state index in [1.807, 2.05) is 59.2 Å². The van der Waals surface area contributed by atoms with Crippen molar-refractivity contribution in [2.45, 2.75) is 57.0 Å². The van der Waals surface area contributed by atoms with E-state index in [1.54, 1.807) is 0 Å². The summed E-state index contributed by atoms with van der Waals surface area (Å²) in [5.41, 5.74) is 2.76. The van der Waals surface area contributed by atoms with Crippen molar-refractivity contribution in [3.63, 3.8) is 0 Å². The quantitative estimate of drug-likeness (QED) is 0.715. The van der Waals surface area contributed by atoms with Crippen molar-refractivity contribution in [3.8, 4) is 5.75 Å². The van der Waals surface area contributed by atoms with Crippen LogP contribution in [0.5, 0.6) is 5.75 Å². The molecule has 5 nitrogen and oxygen atoms in total. The molecule has 2 saturated heterocycles. The molecule has 1 atom stereocenters. The van der Waals surface area contributed by atoms with Crippen LogP contribution in [0.3, 0.4) is 0 Å². The first-order valence-electron chi connectivity index (χ1n) is 11.9. The molecule has 3 aliphatic rings. The third-order valence-electron chi connectivity index (χ3n) is 7.44. The van der Waals surface area contributed by atoms with Crippen molar-refractivity contribution in [2.75, 3.05) is 26.2 Å². The number of rotatable bonds is 3. The fraction of sp³-hybridized carbons (Fsp3) is 0.481. The Morgan fingerprint density at radius 3 is 2.34 bits per heavy atom. The lowest BCUT2D eigenvalue weighted by Gasteiger charge is -2.47. The molecule has 0 aliphatic carbocycles. The molecule has 0 bridgehead atoms. The van der Waals surface area contributed by atoms with Crippen LogP contribution in [0.15, 0.2) is 48.5 Å². The molecule has 2 fully saturated rings. The summed E-state index contributed by atoms with van der Waals surface area (Å²) in [6.45, 7) is 5.18. The molecule has 2 amide bonds. The van der Waals surface area contributed by atoms with Gasteiger partial charge < -0.3 is 14.5 Å². The number of aryl methyl sites for hydroxylation is 1. The van der Waals surface area contributed by atoms with Gasteiger partial charge in [0.25, 0.3) is 5.91 Å². The van der Waals surface area contributed by atoms with E-state index in [-0.39, 0.29) is 23.3 Å². The van der Waals surface area contributed by atoms with E-state index >= 15 is 0 Å². The molecule has 3 heterocycles. The van der Waals surface area contributed by atoms with Gasteiger partial charge in [0.05, 0.1) is 0 Å². The number of para-hydroxylation sites is 1. The molecule has 0 saturated carbocycles. The van der Waals surface area contributed by atoms with Crippen LogP contribution in [0.1, 0.15) is 65.9 Å². The number of benzene rings is 2. The minimum atomic E-state index is -0.297. The lowest BCUT2D eigenvalue weighted by molar-refractivity contribution is -0.131. The van der Waals surface area contributed by atoms with Gasteiger partial charge in [-0.25, -0.2) is 0 Å². The molecular formula is C27H32N2O3. The molecule has 168 valence electrons. The Kier molecular flexibility index (Phi) is 5.66. The van der Waals surface area contributed by atoms with E-state index in [0.717, 1.165) is 67.6 Å². The van der Waals surface area contributed by atoms with E-state index < -0.39 is 0 Å². The monoisotopic (exact) mass is 432 g/mol. The summed E-state index contributed by atoms with van der Waals surface area (Å²) in [7, 11) is 0. The number of ether oxygens (including phenoxy) is 1. The van der Waals surface area contributed by atoms with Gasteiger partial charge in [0.2, 0.25) is 5.91 Å². The summed E-state index contributed by atoms with van der Waals surface area (Å²) in [6, 6.07) is 16.0. The molecular weight excluding hydrogens is 400 g/mol. The van der Waals surface area contributed by atoms with Crippen LogP contribution in [0.4, 0.5) is 0 Å². The number of amides is 2. The summed E-state index contributed by atoms with van der Waals surface area (Å²) in [4.78, 5) is 29.9. The average Bonchev–Trinajstić information content (AvgIpc) is 3.35. The summed E-state index contributed by atoms with van der Waals surface area (Å²) >= 11 is 0. The van der Waals surface area contributed by atoms with E-state index in [2.05, 4.69) is 6.07 Å². The number of hydrogen-bond donors (Lipinski definition) is 0. The molecule has 1 spiro atoms. The summed E-state index contributed by atoms with van der Waals surface area (Å²) in [6.07, 6.45) is 5.22. The van der Waals surface area contributed by atoms with Crippen LogP contribution in [-0.2, 0) is 4.79 Å². The van der Waals surface area contributed by atoms with E-state index in [9.17, 15) is 9.59 Å². The Balaban J connectivity index is 1.30. The summed E-state index contributed by atoms with van der Waals surface area (Å²) in [5, 5.41) is 0. The number of carbonyl (C=O) groups is 2. The predicted octanol–water partition coefficient (Wildman–Crippen LogP) is 4.55. The summed E-state index contributed by atoms with van der Waals surface area (Å²) < 4.78 is 6.58. The highest BCUT2D eigenvalue weighted by Gasteiger charge is 2.44. The number of nitrogens with zero attached hydrogens (tertiary/aromatic N) is 2. The molecule has 0 radical (unpaired) electrons. The van der Waals surface area contributed by atoms with Gasteiger partial charge in [0.15, 0.2) is 0 Å². The highest BCUT2D eigenvalue weighted by atomic mass is 16.5. The molecule has 5 rings (SSSR count). The van der Waals surface area contributed by atoms with Gasteiger partial charge in [0, 0.05) is 56.9 Å². The first-order valence-corrected chi connectivity index (χ1v) is 11.9. The van der Waals surface area contributed by atoms with Crippen molar-refractivity contribution < 1.29 is 14.3 Å². The van der Waals surface area contributed by atoms with Crippen LogP contribution in [-0.4, -0.2) is 53.4 Å². The molecule has 2 aromatic rings. The van der Waals surface area contributed by atoms with Gasteiger partial charge in [-0.3, -0.25) is 9.59 Å². The van der Waals surface area contributed by atoms with Crippen molar-refractivity contribution in [3.05, 3.63) is 65.2 Å². The lowest BCUT2D eigenvalue weighted by atomic mass is 9.76. The highest BCUT2D eigenvalue weighted by Crippen LogP contribution is 2.46. The van der Waals surface area contributed by atoms with Crippen LogP contribution in [0.25, 0.3) is 0 Å². The minimum Gasteiger partial charge on any atom is -0.487 e. The van der Waals surface area contributed by atoms with Crippen LogP contribution < -0.4 is 4.74 Å². The highest BCUT2D eigenvalue weighted by molar-refractivity contribution is 5.94. The van der Waals surface area contributed by atoms with E-state index in [4.69, 9.17) is 4.74 Å². The largest absolute Gasteiger partial charge is 0.487 e. The maximum absolute atomic E-state index is 13.0. The smallest absolute Gasteiger partial charge is 0.253 e.